The quantitative estimate of drug-likeness (QED) is 0.405. The number of nitrogens with zero attached hydrogens (tertiary/aromatic N) is 2. The number of hydrogen-bond donors (Lipinski definition) is 3. The first-order chi connectivity index (χ1) is 14.8. The van der Waals surface area contributed by atoms with Gasteiger partial charge in [-0.3, -0.25) is 4.72 Å². The maximum absolute atomic E-state index is 12.9. The number of nitrogens with one attached hydrogen (secondary N) is 2. The molecule has 0 aliphatic heterocycles. The van der Waals surface area contributed by atoms with Gasteiger partial charge in [0.15, 0.2) is 0 Å². The molecule has 9 nitrogen and oxygen atoms in total. The molecule has 0 atom stereocenters. The SMILES string of the molecule is O=S(=O)(Nc1ncccn1)c1ccc(NS(=O)(=O)c2cccc3c(O)cccc23)cc1. The Morgan fingerprint density at radius 1 is 0.677 bits per heavy atom. The summed E-state index contributed by atoms with van der Waals surface area (Å²) in [6.45, 7) is 0. The molecule has 0 fully saturated rings. The summed E-state index contributed by atoms with van der Waals surface area (Å²) in [6.07, 6.45) is 2.80. The number of rotatable bonds is 6. The van der Waals surface area contributed by atoms with Crippen molar-refractivity contribution < 1.29 is 21.9 Å². The van der Waals surface area contributed by atoms with Gasteiger partial charge in [0.1, 0.15) is 5.75 Å². The van der Waals surface area contributed by atoms with E-state index >= 15 is 0 Å². The minimum atomic E-state index is -4.00. The molecule has 0 saturated heterocycles. The molecule has 4 aromatic rings. The summed E-state index contributed by atoms with van der Waals surface area (Å²) in [6, 6.07) is 15.9. The van der Waals surface area contributed by atoms with Gasteiger partial charge < -0.3 is 5.11 Å². The van der Waals surface area contributed by atoms with Gasteiger partial charge in [-0.05, 0) is 42.5 Å². The molecule has 0 unspecified atom stereocenters. The van der Waals surface area contributed by atoms with Gasteiger partial charge in [-0.2, -0.15) is 0 Å². The Morgan fingerprint density at radius 3 is 2.03 bits per heavy atom. The van der Waals surface area contributed by atoms with Crippen LogP contribution < -0.4 is 9.44 Å². The topological polar surface area (TPSA) is 138 Å². The van der Waals surface area contributed by atoms with E-state index in [0.29, 0.717) is 10.8 Å². The molecule has 158 valence electrons. The standard InChI is InChI=1S/C20H16N4O5S2/c25-18-6-1-5-17-16(18)4-2-7-19(17)31(28,29)23-14-8-10-15(11-9-14)30(26,27)24-20-21-12-3-13-22-20/h1-13,23,25H,(H,21,22,24). The van der Waals surface area contributed by atoms with Crippen LogP contribution in [-0.4, -0.2) is 31.9 Å². The second kappa shape index (κ2) is 7.85. The molecule has 0 aliphatic carbocycles. The fourth-order valence-corrected chi connectivity index (χ4v) is 5.18. The van der Waals surface area contributed by atoms with Crippen LogP contribution in [0.3, 0.4) is 0 Å². The van der Waals surface area contributed by atoms with Crippen LogP contribution in [0, 0.1) is 0 Å². The lowest BCUT2D eigenvalue weighted by Gasteiger charge is -2.12. The van der Waals surface area contributed by atoms with E-state index in [1.165, 1.54) is 54.9 Å². The van der Waals surface area contributed by atoms with Crippen LogP contribution in [-0.2, 0) is 20.0 Å². The van der Waals surface area contributed by atoms with Crippen LogP contribution in [0.15, 0.2) is 88.9 Å². The average molecular weight is 457 g/mol. The monoisotopic (exact) mass is 456 g/mol. The van der Waals surface area contributed by atoms with Gasteiger partial charge in [0.05, 0.1) is 9.79 Å². The molecule has 0 spiro atoms. The molecule has 0 radical (unpaired) electrons. The van der Waals surface area contributed by atoms with Crippen molar-refractivity contribution in [3.8, 4) is 5.75 Å². The van der Waals surface area contributed by atoms with Gasteiger partial charge in [-0.15, -0.1) is 0 Å². The van der Waals surface area contributed by atoms with E-state index < -0.39 is 20.0 Å². The molecule has 0 aliphatic rings. The van der Waals surface area contributed by atoms with E-state index in [2.05, 4.69) is 19.4 Å². The lowest BCUT2D eigenvalue weighted by Crippen LogP contribution is -2.16. The summed E-state index contributed by atoms with van der Waals surface area (Å²) in [5, 5.41) is 10.7. The second-order valence-corrected chi connectivity index (χ2v) is 9.77. The van der Waals surface area contributed by atoms with Gasteiger partial charge in [0.25, 0.3) is 20.0 Å². The first-order valence-electron chi connectivity index (χ1n) is 8.90. The molecule has 3 aromatic carbocycles. The average Bonchev–Trinajstić information content (AvgIpc) is 2.74. The smallest absolute Gasteiger partial charge is 0.264 e. The molecule has 31 heavy (non-hydrogen) atoms. The first kappa shape index (κ1) is 20.6. The highest BCUT2D eigenvalue weighted by Crippen LogP contribution is 2.30. The minimum Gasteiger partial charge on any atom is -0.507 e. The minimum absolute atomic E-state index is 0.0134. The lowest BCUT2D eigenvalue weighted by molar-refractivity contribution is 0.481. The predicted molar refractivity (Wildman–Crippen MR) is 116 cm³/mol. The van der Waals surface area contributed by atoms with Gasteiger partial charge in [0, 0.05) is 28.9 Å². The number of benzene rings is 3. The maximum Gasteiger partial charge on any atom is 0.264 e. The molecule has 1 heterocycles. The third kappa shape index (κ3) is 4.27. The molecule has 11 heteroatoms. The van der Waals surface area contributed by atoms with Crippen molar-refractivity contribution in [3.05, 3.63) is 79.1 Å². The summed E-state index contributed by atoms with van der Waals surface area (Å²) in [7, 11) is -7.94. The Labute approximate surface area is 178 Å². The van der Waals surface area contributed by atoms with E-state index in [1.807, 2.05) is 0 Å². The molecule has 0 amide bonds. The highest BCUT2D eigenvalue weighted by Gasteiger charge is 2.20. The van der Waals surface area contributed by atoms with Gasteiger partial charge in [0.2, 0.25) is 5.95 Å². The van der Waals surface area contributed by atoms with Crippen molar-refractivity contribution in [2.45, 2.75) is 9.79 Å². The zero-order chi connectivity index (χ0) is 22.1. The van der Waals surface area contributed by atoms with Crippen molar-refractivity contribution >= 4 is 42.5 Å². The van der Waals surface area contributed by atoms with Crippen LogP contribution in [0.5, 0.6) is 5.75 Å². The predicted octanol–water partition coefficient (Wildman–Crippen LogP) is 2.94. The summed E-state index contributed by atoms with van der Waals surface area (Å²) in [5.74, 6) is -0.106. The van der Waals surface area contributed by atoms with E-state index in [-0.39, 0.29) is 27.2 Å². The fraction of sp³-hybridized carbons (Fsp3) is 0. The summed E-state index contributed by atoms with van der Waals surface area (Å²) in [5.41, 5.74) is 0.173. The van der Waals surface area contributed by atoms with Crippen LogP contribution >= 0.6 is 0 Å². The lowest BCUT2D eigenvalue weighted by atomic mass is 10.1. The molecule has 4 rings (SSSR count). The number of phenols is 1. The largest absolute Gasteiger partial charge is 0.507 e. The third-order valence-electron chi connectivity index (χ3n) is 4.36. The Kier molecular flexibility index (Phi) is 5.21. The number of aromatic hydroxyl groups is 1. The van der Waals surface area contributed by atoms with Gasteiger partial charge in [-0.25, -0.2) is 31.5 Å². The second-order valence-electron chi connectivity index (χ2n) is 6.44. The van der Waals surface area contributed by atoms with E-state index in [1.54, 1.807) is 24.3 Å². The normalized spacial score (nSPS) is 11.9. The molecule has 1 aromatic heterocycles. The van der Waals surface area contributed by atoms with Crippen molar-refractivity contribution in [1.29, 1.82) is 0 Å². The highest BCUT2D eigenvalue weighted by atomic mass is 32.2. The zero-order valence-electron chi connectivity index (χ0n) is 15.8. The number of hydrogen-bond acceptors (Lipinski definition) is 7. The van der Waals surface area contributed by atoms with E-state index in [0.717, 1.165) is 0 Å². The molecule has 0 bridgehead atoms. The number of fused-ring (bicyclic) bond motifs is 1. The number of phenolic OH excluding ortho intramolecular Hbond substituents is 1. The third-order valence-corrected chi connectivity index (χ3v) is 7.14. The van der Waals surface area contributed by atoms with Crippen molar-refractivity contribution in [2.24, 2.45) is 0 Å². The number of anilines is 2. The van der Waals surface area contributed by atoms with Crippen molar-refractivity contribution in [1.82, 2.24) is 9.97 Å². The van der Waals surface area contributed by atoms with E-state index in [4.69, 9.17) is 0 Å². The summed E-state index contributed by atoms with van der Waals surface area (Å²) in [4.78, 5) is 7.52. The molecule has 3 N–H and O–H groups in total. The van der Waals surface area contributed by atoms with Crippen LogP contribution in [0.2, 0.25) is 0 Å². The fourth-order valence-electron chi connectivity index (χ4n) is 2.94. The highest BCUT2D eigenvalue weighted by molar-refractivity contribution is 7.93. The van der Waals surface area contributed by atoms with Crippen LogP contribution in [0.4, 0.5) is 11.6 Å². The van der Waals surface area contributed by atoms with Crippen molar-refractivity contribution in [2.75, 3.05) is 9.44 Å². The number of aromatic nitrogens is 2. The Morgan fingerprint density at radius 2 is 1.32 bits per heavy atom. The van der Waals surface area contributed by atoms with Gasteiger partial charge >= 0.3 is 0 Å². The maximum atomic E-state index is 12.9. The molecular formula is C20H16N4O5S2. The van der Waals surface area contributed by atoms with Gasteiger partial charge in [-0.1, -0.05) is 24.3 Å². The van der Waals surface area contributed by atoms with Crippen molar-refractivity contribution in [3.63, 3.8) is 0 Å². The molecule has 0 saturated carbocycles. The van der Waals surface area contributed by atoms with Crippen LogP contribution in [0.1, 0.15) is 0 Å². The summed E-state index contributed by atoms with van der Waals surface area (Å²) < 4.78 is 55.4. The van der Waals surface area contributed by atoms with E-state index in [9.17, 15) is 21.9 Å². The molecular weight excluding hydrogens is 440 g/mol. The first-order valence-corrected chi connectivity index (χ1v) is 11.9. The Bertz CT molecular complexity index is 1460. The Hall–Kier alpha value is -3.70. The Balaban J connectivity index is 1.60. The van der Waals surface area contributed by atoms with Crippen LogP contribution in [0.25, 0.3) is 10.8 Å². The zero-order valence-corrected chi connectivity index (χ0v) is 17.4. The number of sulfonamides is 2. The summed E-state index contributed by atoms with van der Waals surface area (Å²) >= 11 is 0.